The van der Waals surface area contributed by atoms with Crippen molar-refractivity contribution in [2.75, 3.05) is 5.75 Å². The van der Waals surface area contributed by atoms with Gasteiger partial charge in [0, 0.05) is 12.4 Å². The third-order valence-corrected chi connectivity index (χ3v) is 7.29. The monoisotopic (exact) mass is 475 g/mol. The summed E-state index contributed by atoms with van der Waals surface area (Å²) in [6.45, 7) is 0. The normalized spacial score (nSPS) is 20.2. The Kier molecular flexibility index (Phi) is 5.89. The molecule has 32 heavy (non-hydrogen) atoms. The van der Waals surface area contributed by atoms with Crippen LogP contribution in [0.25, 0.3) is 0 Å². The molecule has 0 bridgehead atoms. The van der Waals surface area contributed by atoms with Crippen LogP contribution in [0.15, 0.2) is 71.2 Å². The second kappa shape index (κ2) is 8.63. The van der Waals surface area contributed by atoms with Crippen LogP contribution >= 0.6 is 11.8 Å². The number of carbonyl (C=O) groups excluding carboxylic acids is 2. The van der Waals surface area contributed by atoms with Gasteiger partial charge in [-0.2, -0.15) is 8.42 Å². The molecule has 2 aliphatic heterocycles. The van der Waals surface area contributed by atoms with E-state index >= 15 is 0 Å². The van der Waals surface area contributed by atoms with Crippen LogP contribution in [-0.4, -0.2) is 58.4 Å². The molecular weight excluding hydrogens is 458 g/mol. The minimum absolute atomic E-state index is 0.0708. The first kappa shape index (κ1) is 21.8. The van der Waals surface area contributed by atoms with E-state index in [9.17, 15) is 27.9 Å². The number of rotatable bonds is 7. The number of thioether (sulfide) groups is 1. The molecule has 10 nitrogen and oxygen atoms in total. The molecule has 0 saturated carbocycles. The number of carboxylic acid groups (broad SMARTS) is 1. The zero-order chi connectivity index (χ0) is 22.9. The summed E-state index contributed by atoms with van der Waals surface area (Å²) in [4.78, 5) is 41.3. The molecule has 1 aromatic heterocycles. The fourth-order valence-corrected chi connectivity index (χ4v) is 5.60. The van der Waals surface area contributed by atoms with Gasteiger partial charge in [-0.1, -0.05) is 30.3 Å². The molecule has 2 aliphatic rings. The molecule has 12 heteroatoms. The summed E-state index contributed by atoms with van der Waals surface area (Å²) in [7, 11) is -4.33. The lowest BCUT2D eigenvalue weighted by atomic mass is 10.0. The SMILES string of the molecule is O=C(Cc1ccccc1)NC1C(=O)N2C(C(=O)O)=C(OS(=O)(=O)c3cccnc3)CS[C@@H]12. The number of nitrogens with zero attached hydrogens (tertiary/aromatic N) is 2. The van der Waals surface area contributed by atoms with Crippen LogP contribution in [0.2, 0.25) is 0 Å². The highest BCUT2D eigenvalue weighted by atomic mass is 32.2. The Morgan fingerprint density at radius 1 is 1.22 bits per heavy atom. The molecule has 2 amide bonds. The van der Waals surface area contributed by atoms with E-state index < -0.39 is 39.1 Å². The minimum Gasteiger partial charge on any atom is -0.476 e. The van der Waals surface area contributed by atoms with Crippen LogP contribution in [0.4, 0.5) is 0 Å². The van der Waals surface area contributed by atoms with Crippen molar-refractivity contribution in [3.8, 4) is 0 Å². The van der Waals surface area contributed by atoms with Crippen molar-refractivity contribution in [2.24, 2.45) is 0 Å². The Hall–Kier alpha value is -3.38. The quantitative estimate of drug-likeness (QED) is 0.437. The molecule has 1 saturated heterocycles. The lowest BCUT2D eigenvalue weighted by molar-refractivity contribution is -0.151. The highest BCUT2D eigenvalue weighted by molar-refractivity contribution is 8.00. The zero-order valence-corrected chi connectivity index (χ0v) is 18.0. The molecule has 0 aliphatic carbocycles. The Morgan fingerprint density at radius 2 is 1.97 bits per heavy atom. The predicted molar refractivity (Wildman–Crippen MR) is 112 cm³/mol. The summed E-state index contributed by atoms with van der Waals surface area (Å²) >= 11 is 1.10. The Labute approximate surface area is 187 Å². The Morgan fingerprint density at radius 3 is 2.62 bits per heavy atom. The van der Waals surface area contributed by atoms with Gasteiger partial charge in [0.1, 0.15) is 16.3 Å². The van der Waals surface area contributed by atoms with E-state index in [1.165, 1.54) is 18.3 Å². The van der Waals surface area contributed by atoms with Crippen molar-refractivity contribution in [1.29, 1.82) is 0 Å². The molecule has 2 aromatic rings. The molecule has 1 fully saturated rings. The average molecular weight is 476 g/mol. The zero-order valence-electron chi connectivity index (χ0n) is 16.4. The average Bonchev–Trinajstić information content (AvgIpc) is 2.78. The maximum Gasteiger partial charge on any atom is 0.356 e. The Bertz CT molecular complexity index is 1200. The molecule has 166 valence electrons. The minimum atomic E-state index is -4.33. The number of amides is 2. The highest BCUT2D eigenvalue weighted by Crippen LogP contribution is 2.41. The molecular formula is C20H17N3O7S2. The van der Waals surface area contributed by atoms with Crippen molar-refractivity contribution in [2.45, 2.75) is 22.7 Å². The molecule has 4 rings (SSSR count). The number of aliphatic carboxylic acids is 1. The van der Waals surface area contributed by atoms with E-state index in [4.69, 9.17) is 4.18 Å². The number of nitrogens with one attached hydrogen (secondary N) is 1. The largest absolute Gasteiger partial charge is 0.476 e. The van der Waals surface area contributed by atoms with E-state index in [-0.39, 0.29) is 28.7 Å². The molecule has 0 spiro atoms. The fraction of sp³-hybridized carbons (Fsp3) is 0.200. The second-order valence-corrected chi connectivity index (χ2v) is 9.57. The number of carbonyl (C=O) groups is 3. The topological polar surface area (TPSA) is 143 Å². The summed E-state index contributed by atoms with van der Waals surface area (Å²) < 4.78 is 30.0. The van der Waals surface area contributed by atoms with Crippen molar-refractivity contribution in [3.05, 3.63) is 71.9 Å². The third kappa shape index (κ3) is 4.18. The molecule has 0 radical (unpaired) electrons. The molecule has 2 atom stereocenters. The van der Waals surface area contributed by atoms with Gasteiger partial charge in [0.15, 0.2) is 11.5 Å². The van der Waals surface area contributed by atoms with Crippen molar-refractivity contribution < 1.29 is 32.1 Å². The van der Waals surface area contributed by atoms with Crippen LogP contribution in [0, 0.1) is 0 Å². The second-order valence-electron chi connectivity index (χ2n) is 6.92. The van der Waals surface area contributed by atoms with Gasteiger partial charge in [0.25, 0.3) is 5.91 Å². The molecule has 3 heterocycles. The van der Waals surface area contributed by atoms with Gasteiger partial charge < -0.3 is 14.6 Å². The smallest absolute Gasteiger partial charge is 0.356 e. The van der Waals surface area contributed by atoms with Crippen molar-refractivity contribution in [1.82, 2.24) is 15.2 Å². The lowest BCUT2D eigenvalue weighted by Crippen LogP contribution is -2.70. The number of carboxylic acids is 1. The summed E-state index contributed by atoms with van der Waals surface area (Å²) in [6.07, 6.45) is 2.52. The van der Waals surface area contributed by atoms with E-state index in [0.717, 1.165) is 28.4 Å². The van der Waals surface area contributed by atoms with Crippen LogP contribution < -0.4 is 5.32 Å². The number of fused-ring (bicyclic) bond motifs is 1. The van der Waals surface area contributed by atoms with Gasteiger partial charge in [0.05, 0.1) is 12.2 Å². The standard InChI is InChI=1S/C20H17N3O7S2/c24-15(9-12-5-2-1-3-6-12)22-16-18(25)23-17(20(26)27)14(11-31-19(16)23)30-32(28,29)13-7-4-8-21-10-13/h1-8,10,16,19H,9,11H2,(H,22,24)(H,26,27)/t16?,19-/m0/s1. The highest BCUT2D eigenvalue weighted by Gasteiger charge is 2.55. The number of aromatic nitrogens is 1. The summed E-state index contributed by atoms with van der Waals surface area (Å²) in [5.41, 5.74) is 0.215. The maximum absolute atomic E-state index is 12.7. The summed E-state index contributed by atoms with van der Waals surface area (Å²) in [6, 6.07) is 10.7. The third-order valence-electron chi connectivity index (χ3n) is 4.79. The van der Waals surface area contributed by atoms with Gasteiger partial charge in [-0.15, -0.1) is 11.8 Å². The number of hydrogen-bond donors (Lipinski definition) is 2. The van der Waals surface area contributed by atoms with Crippen molar-refractivity contribution in [3.63, 3.8) is 0 Å². The van der Waals surface area contributed by atoms with Gasteiger partial charge in [-0.05, 0) is 17.7 Å². The number of benzene rings is 1. The van der Waals surface area contributed by atoms with Gasteiger partial charge in [-0.3, -0.25) is 19.5 Å². The number of hydrogen-bond acceptors (Lipinski definition) is 8. The Balaban J connectivity index is 1.51. The maximum atomic E-state index is 12.7. The summed E-state index contributed by atoms with van der Waals surface area (Å²) in [5, 5.41) is 11.6. The first-order valence-corrected chi connectivity index (χ1v) is 11.8. The van der Waals surface area contributed by atoms with Crippen LogP contribution in [0.5, 0.6) is 0 Å². The molecule has 1 aromatic carbocycles. The van der Waals surface area contributed by atoms with Crippen LogP contribution in [0.3, 0.4) is 0 Å². The molecule has 2 N–H and O–H groups in total. The van der Waals surface area contributed by atoms with E-state index in [0.29, 0.717) is 0 Å². The first-order valence-electron chi connectivity index (χ1n) is 9.37. The van der Waals surface area contributed by atoms with Gasteiger partial charge in [0.2, 0.25) is 5.91 Å². The van der Waals surface area contributed by atoms with Crippen LogP contribution in [-0.2, 0) is 35.1 Å². The fourth-order valence-electron chi connectivity index (χ4n) is 3.34. The van der Waals surface area contributed by atoms with E-state index in [2.05, 4.69) is 10.3 Å². The first-order chi connectivity index (χ1) is 15.3. The van der Waals surface area contributed by atoms with Crippen molar-refractivity contribution >= 4 is 39.7 Å². The van der Waals surface area contributed by atoms with Gasteiger partial charge in [-0.25, -0.2) is 4.79 Å². The summed E-state index contributed by atoms with van der Waals surface area (Å²) in [5.74, 6) is -3.02. The molecule has 1 unspecified atom stereocenters. The number of β-lactam (4-membered cyclic amide) rings is 1. The lowest BCUT2D eigenvalue weighted by Gasteiger charge is -2.48. The van der Waals surface area contributed by atoms with Gasteiger partial charge >= 0.3 is 16.1 Å². The van der Waals surface area contributed by atoms with E-state index in [1.54, 1.807) is 24.3 Å². The van der Waals surface area contributed by atoms with E-state index in [1.807, 2.05) is 6.07 Å². The number of pyridine rings is 1. The van der Waals surface area contributed by atoms with Crippen LogP contribution in [0.1, 0.15) is 5.56 Å². The predicted octanol–water partition coefficient (Wildman–Crippen LogP) is 0.726.